The summed E-state index contributed by atoms with van der Waals surface area (Å²) in [6.45, 7) is 9.33. The number of piperidine rings is 1. The van der Waals surface area contributed by atoms with Crippen LogP contribution in [0.25, 0.3) is 0 Å². The van der Waals surface area contributed by atoms with E-state index in [4.69, 9.17) is 4.74 Å². The zero-order valence-corrected chi connectivity index (χ0v) is 17.8. The first-order chi connectivity index (χ1) is 12.4. The predicted molar refractivity (Wildman–Crippen MR) is 107 cm³/mol. The van der Waals surface area contributed by atoms with Gasteiger partial charge in [-0.1, -0.05) is 32.4 Å². The molecule has 0 radical (unpaired) electrons. The number of halogens is 1. The number of carbonyl (C=O) groups is 1. The molecule has 1 aliphatic carbocycles. The van der Waals surface area contributed by atoms with E-state index in [1.165, 1.54) is 0 Å². The van der Waals surface area contributed by atoms with E-state index in [9.17, 15) is 4.79 Å². The van der Waals surface area contributed by atoms with E-state index < -0.39 is 0 Å². The van der Waals surface area contributed by atoms with Gasteiger partial charge in [-0.25, -0.2) is 4.68 Å². The van der Waals surface area contributed by atoms with Gasteiger partial charge in [-0.3, -0.25) is 4.79 Å². The fourth-order valence-corrected chi connectivity index (χ4v) is 4.12. The molecule has 0 aromatic carbocycles. The molecule has 2 aliphatic rings. The molecule has 1 aromatic heterocycles. The van der Waals surface area contributed by atoms with Gasteiger partial charge in [-0.15, -0.1) is 17.5 Å². The van der Waals surface area contributed by atoms with Crippen molar-refractivity contribution < 1.29 is 9.53 Å². The summed E-state index contributed by atoms with van der Waals surface area (Å²) >= 11 is 0. The molecule has 2 fully saturated rings. The molecule has 154 valence electrons. The van der Waals surface area contributed by atoms with Gasteiger partial charge >= 0.3 is 0 Å². The first-order valence-corrected chi connectivity index (χ1v) is 9.96. The average molecular weight is 400 g/mol. The molecule has 2 heterocycles. The Morgan fingerprint density at radius 3 is 2.74 bits per heavy atom. The molecule has 8 heteroatoms. The van der Waals surface area contributed by atoms with Crippen molar-refractivity contribution in [1.82, 2.24) is 25.2 Å². The Morgan fingerprint density at radius 1 is 1.41 bits per heavy atom. The zero-order valence-electron chi connectivity index (χ0n) is 17.0. The van der Waals surface area contributed by atoms with Crippen molar-refractivity contribution in [2.75, 3.05) is 26.7 Å². The third-order valence-electron chi connectivity index (χ3n) is 6.14. The van der Waals surface area contributed by atoms with Gasteiger partial charge in [0.15, 0.2) is 5.69 Å². The Labute approximate surface area is 168 Å². The van der Waals surface area contributed by atoms with Crippen LogP contribution in [-0.4, -0.2) is 64.7 Å². The van der Waals surface area contributed by atoms with Crippen molar-refractivity contribution in [3.8, 4) is 0 Å². The number of aromatic nitrogens is 3. The minimum Gasteiger partial charge on any atom is -0.378 e. The van der Waals surface area contributed by atoms with Crippen molar-refractivity contribution in [2.45, 2.75) is 71.1 Å². The lowest BCUT2D eigenvalue weighted by Gasteiger charge is -2.54. The number of rotatable bonds is 7. The molecule has 1 aliphatic heterocycles. The Morgan fingerprint density at radius 2 is 2.11 bits per heavy atom. The normalized spacial score (nSPS) is 24.7. The van der Waals surface area contributed by atoms with Gasteiger partial charge < -0.3 is 15.0 Å². The number of hydrogen-bond donors (Lipinski definition) is 1. The summed E-state index contributed by atoms with van der Waals surface area (Å²) in [6, 6.07) is 0.512. The van der Waals surface area contributed by atoms with Crippen LogP contribution in [0.2, 0.25) is 0 Å². The molecule has 1 amide bonds. The van der Waals surface area contributed by atoms with Gasteiger partial charge in [0.25, 0.3) is 5.91 Å². The van der Waals surface area contributed by atoms with Crippen LogP contribution in [0.1, 0.15) is 69.4 Å². The molecule has 3 rings (SSSR count). The van der Waals surface area contributed by atoms with Gasteiger partial charge in [-0.2, -0.15) is 0 Å². The highest BCUT2D eigenvalue weighted by Gasteiger charge is 2.52. The fourth-order valence-electron chi connectivity index (χ4n) is 4.12. The summed E-state index contributed by atoms with van der Waals surface area (Å²) in [4.78, 5) is 14.7. The van der Waals surface area contributed by atoms with Crippen LogP contribution in [-0.2, 0) is 4.74 Å². The first kappa shape index (κ1) is 22.1. The summed E-state index contributed by atoms with van der Waals surface area (Å²) < 4.78 is 7.87. The van der Waals surface area contributed by atoms with E-state index in [1.807, 2.05) is 22.8 Å². The monoisotopic (exact) mass is 399 g/mol. The standard InChI is InChI=1S/C19H33N5O2.ClH/c1-5-6-11-26-17-12-16(19(17,2)3)23(4)18(25)15-13-24(22-21-15)14-7-9-20-10-8-14;/h13-14,16-17,20H,5-12H2,1-4H3;1H. The van der Waals surface area contributed by atoms with Gasteiger partial charge in [0, 0.05) is 25.1 Å². The van der Waals surface area contributed by atoms with Crippen LogP contribution in [0, 0.1) is 5.41 Å². The molecular formula is C19H34ClN5O2. The quantitative estimate of drug-likeness (QED) is 0.713. The largest absolute Gasteiger partial charge is 0.378 e. The third-order valence-corrected chi connectivity index (χ3v) is 6.14. The van der Waals surface area contributed by atoms with Crippen LogP contribution in [0.4, 0.5) is 0 Å². The van der Waals surface area contributed by atoms with Crippen LogP contribution in [0.3, 0.4) is 0 Å². The molecule has 1 N–H and O–H groups in total. The molecular weight excluding hydrogens is 366 g/mol. The van der Waals surface area contributed by atoms with Crippen LogP contribution in [0.5, 0.6) is 0 Å². The van der Waals surface area contributed by atoms with Crippen LogP contribution in [0.15, 0.2) is 6.20 Å². The third kappa shape index (κ3) is 4.63. The second-order valence-corrected chi connectivity index (χ2v) is 8.27. The molecule has 0 bridgehead atoms. The van der Waals surface area contributed by atoms with Crippen molar-refractivity contribution in [3.05, 3.63) is 11.9 Å². The minimum atomic E-state index is -0.0460. The number of unbranched alkanes of at least 4 members (excludes halogenated alkanes) is 1. The van der Waals surface area contributed by atoms with Gasteiger partial charge in [-0.05, 0) is 38.8 Å². The van der Waals surface area contributed by atoms with Crippen molar-refractivity contribution in [3.63, 3.8) is 0 Å². The van der Waals surface area contributed by atoms with E-state index in [2.05, 4.69) is 36.4 Å². The molecule has 1 saturated carbocycles. The molecule has 2 atom stereocenters. The van der Waals surface area contributed by atoms with Gasteiger partial charge in [0.2, 0.25) is 0 Å². The lowest BCUT2D eigenvalue weighted by molar-refractivity contribution is -0.140. The summed E-state index contributed by atoms with van der Waals surface area (Å²) in [5, 5.41) is 11.7. The maximum atomic E-state index is 12.9. The highest BCUT2D eigenvalue weighted by molar-refractivity contribution is 5.92. The van der Waals surface area contributed by atoms with Crippen molar-refractivity contribution >= 4 is 18.3 Å². The summed E-state index contributed by atoms with van der Waals surface area (Å²) in [5.74, 6) is -0.0460. The van der Waals surface area contributed by atoms with Crippen LogP contribution >= 0.6 is 12.4 Å². The summed E-state index contributed by atoms with van der Waals surface area (Å²) in [6.07, 6.45) is 7.21. The molecule has 2 unspecified atom stereocenters. The lowest BCUT2D eigenvalue weighted by Crippen LogP contribution is -2.62. The zero-order chi connectivity index (χ0) is 18.7. The average Bonchev–Trinajstić information content (AvgIpc) is 3.14. The second-order valence-electron chi connectivity index (χ2n) is 8.27. The van der Waals surface area contributed by atoms with Crippen molar-refractivity contribution in [1.29, 1.82) is 0 Å². The fraction of sp³-hybridized carbons (Fsp3) is 0.842. The maximum absolute atomic E-state index is 12.9. The van der Waals surface area contributed by atoms with Gasteiger partial charge in [0.1, 0.15) is 0 Å². The molecule has 1 saturated heterocycles. The van der Waals surface area contributed by atoms with E-state index in [0.717, 1.165) is 51.8 Å². The first-order valence-electron chi connectivity index (χ1n) is 9.96. The Bertz CT molecular complexity index is 615. The topological polar surface area (TPSA) is 72.3 Å². The number of nitrogens with zero attached hydrogens (tertiary/aromatic N) is 4. The van der Waals surface area contributed by atoms with E-state index >= 15 is 0 Å². The SMILES string of the molecule is CCCCOC1CC(N(C)C(=O)c2cn(C3CCNCC3)nn2)C1(C)C.Cl. The minimum absolute atomic E-state index is 0. The number of carbonyl (C=O) groups excluding carboxylic acids is 1. The number of nitrogens with one attached hydrogen (secondary N) is 1. The van der Waals surface area contributed by atoms with Gasteiger partial charge in [0.05, 0.1) is 18.3 Å². The number of ether oxygens (including phenoxy) is 1. The Kier molecular flexibility index (Phi) is 7.65. The number of amides is 1. The Balaban J connectivity index is 0.00000261. The van der Waals surface area contributed by atoms with E-state index in [1.54, 1.807) is 0 Å². The van der Waals surface area contributed by atoms with Crippen LogP contribution < -0.4 is 5.32 Å². The molecule has 7 nitrogen and oxygen atoms in total. The number of hydrogen-bond acceptors (Lipinski definition) is 5. The molecule has 27 heavy (non-hydrogen) atoms. The summed E-state index contributed by atoms with van der Waals surface area (Å²) in [7, 11) is 1.88. The maximum Gasteiger partial charge on any atom is 0.276 e. The van der Waals surface area contributed by atoms with Crippen molar-refractivity contribution in [2.24, 2.45) is 5.41 Å². The Hall–Kier alpha value is -1.18. The highest BCUT2D eigenvalue weighted by Crippen LogP contribution is 2.45. The molecule has 0 spiro atoms. The lowest BCUT2D eigenvalue weighted by atomic mass is 9.63. The smallest absolute Gasteiger partial charge is 0.276 e. The highest BCUT2D eigenvalue weighted by atomic mass is 35.5. The predicted octanol–water partition coefficient (Wildman–Crippen LogP) is 2.68. The second kappa shape index (κ2) is 9.34. The summed E-state index contributed by atoms with van der Waals surface area (Å²) in [5.41, 5.74) is 0.403. The van der Waals surface area contributed by atoms with E-state index in [-0.39, 0.29) is 35.9 Å². The van der Waals surface area contributed by atoms with E-state index in [0.29, 0.717) is 11.7 Å². The molecule has 1 aromatic rings.